The Labute approximate surface area is 223 Å². The Morgan fingerprint density at radius 2 is 1.82 bits per heavy atom. The van der Waals surface area contributed by atoms with Crippen LogP contribution in [0.4, 0.5) is 10.5 Å². The number of nitrogens with two attached hydrogens (primary N) is 1. The first-order chi connectivity index (χ1) is 18.4. The van der Waals surface area contributed by atoms with Crippen LogP contribution >= 0.6 is 0 Å². The summed E-state index contributed by atoms with van der Waals surface area (Å²) in [5.41, 5.74) is 1.77. The second kappa shape index (κ2) is 9.36. The Morgan fingerprint density at radius 3 is 2.44 bits per heavy atom. The highest BCUT2D eigenvalue weighted by molar-refractivity contribution is 6.25. The summed E-state index contributed by atoms with van der Waals surface area (Å²) in [6, 6.07) is 1.53. The summed E-state index contributed by atoms with van der Waals surface area (Å²) in [5, 5.41) is 47.4. The first-order valence-electron chi connectivity index (χ1n) is 12.5. The Morgan fingerprint density at radius 1 is 1.15 bits per heavy atom. The van der Waals surface area contributed by atoms with Gasteiger partial charge in [0, 0.05) is 24.6 Å². The van der Waals surface area contributed by atoms with E-state index in [-0.39, 0.29) is 29.7 Å². The van der Waals surface area contributed by atoms with Gasteiger partial charge in [0.25, 0.3) is 5.91 Å². The number of aliphatic hydroxyl groups excluding tert-OH is 2. The van der Waals surface area contributed by atoms with Gasteiger partial charge in [-0.3, -0.25) is 19.3 Å². The molecular formula is C26H30N4O9. The maximum atomic E-state index is 13.7. The van der Waals surface area contributed by atoms with Crippen LogP contribution in [0.15, 0.2) is 34.8 Å². The van der Waals surface area contributed by atoms with Crippen molar-refractivity contribution in [2.75, 3.05) is 45.7 Å². The second-order valence-corrected chi connectivity index (χ2v) is 10.5. The third-order valence-corrected chi connectivity index (χ3v) is 8.13. The standard InChI is InChI=1S/C26H30N4O9/c1-29(2)18-13-10-12-9-11-3-4-14(28-25(37)30-5-7-39-8-6-30)19(31)15(11)20(32)16(12)22(34)26(13,38)23(35)17(21(18)33)24(27)36/h3-4,12-13,18,31,33-34,38H,5-10H2,1-2H3,(H2,27,36)(H,28,37). The van der Waals surface area contributed by atoms with Crippen molar-refractivity contribution >= 4 is 29.2 Å². The number of ether oxygens (including phenoxy) is 1. The predicted octanol–water partition coefficient (Wildman–Crippen LogP) is -0.0153. The number of ketones is 2. The van der Waals surface area contributed by atoms with Gasteiger partial charge in [0.05, 0.1) is 30.5 Å². The molecule has 1 aromatic carbocycles. The normalized spacial score (nSPS) is 28.7. The lowest BCUT2D eigenvalue weighted by molar-refractivity contribution is -0.148. The number of allylic oxidation sites excluding steroid dienone is 1. The van der Waals surface area contributed by atoms with Crippen molar-refractivity contribution in [3.63, 3.8) is 0 Å². The zero-order chi connectivity index (χ0) is 28.4. The fraction of sp³-hybridized carbons (Fsp3) is 0.462. The largest absolute Gasteiger partial charge is 0.510 e. The lowest BCUT2D eigenvalue weighted by atomic mass is 9.58. The van der Waals surface area contributed by atoms with Gasteiger partial charge < -0.3 is 41.1 Å². The van der Waals surface area contributed by atoms with E-state index in [1.54, 1.807) is 20.2 Å². The van der Waals surface area contributed by atoms with E-state index in [4.69, 9.17) is 10.5 Å². The lowest BCUT2D eigenvalue weighted by Gasteiger charge is -2.50. The number of carbonyl (C=O) groups excluding carboxylic acids is 4. The van der Waals surface area contributed by atoms with Gasteiger partial charge in [0.15, 0.2) is 17.1 Å². The number of Topliss-reactive ketones (excluding diaryl/α,β-unsaturated/α-hetero) is 2. The molecule has 1 aliphatic heterocycles. The average molecular weight is 543 g/mol. The van der Waals surface area contributed by atoms with Crippen molar-refractivity contribution in [1.82, 2.24) is 9.80 Å². The third kappa shape index (κ3) is 3.87. The van der Waals surface area contributed by atoms with Crippen LogP contribution < -0.4 is 11.1 Å². The van der Waals surface area contributed by atoms with Gasteiger partial charge in [0.1, 0.15) is 17.1 Å². The molecule has 13 heteroatoms. The molecule has 0 spiro atoms. The van der Waals surface area contributed by atoms with Crippen molar-refractivity contribution in [2.24, 2.45) is 17.6 Å². The van der Waals surface area contributed by atoms with Crippen LogP contribution in [-0.4, -0.2) is 106 Å². The molecule has 1 aromatic rings. The van der Waals surface area contributed by atoms with Gasteiger partial charge in [-0.1, -0.05) is 6.07 Å². The smallest absolute Gasteiger partial charge is 0.322 e. The van der Waals surface area contributed by atoms with Gasteiger partial charge in [0.2, 0.25) is 5.78 Å². The number of likely N-dealkylation sites (N-methyl/N-ethyl adjacent to an activating group) is 1. The number of morpholine rings is 1. The van der Waals surface area contributed by atoms with E-state index in [1.807, 2.05) is 0 Å². The van der Waals surface area contributed by atoms with Crippen LogP contribution in [0.5, 0.6) is 5.75 Å². The SMILES string of the molecule is CN(C)C1C(O)=C(C(N)=O)C(=O)C2(O)C(O)=C3C(=O)c4c(ccc(NC(=O)N5CCOCC5)c4O)CC3CC12. The number of fused-ring (bicyclic) bond motifs is 3. The molecule has 7 N–H and O–H groups in total. The first-order valence-corrected chi connectivity index (χ1v) is 12.5. The van der Waals surface area contributed by atoms with E-state index < -0.39 is 69.8 Å². The summed E-state index contributed by atoms with van der Waals surface area (Å²) in [6.07, 6.45) is 0.168. The minimum absolute atomic E-state index is 0.00203. The van der Waals surface area contributed by atoms with Gasteiger partial charge >= 0.3 is 6.03 Å². The number of urea groups is 1. The predicted molar refractivity (Wildman–Crippen MR) is 135 cm³/mol. The molecule has 0 bridgehead atoms. The summed E-state index contributed by atoms with van der Waals surface area (Å²) in [4.78, 5) is 54.8. The van der Waals surface area contributed by atoms with Crippen LogP contribution in [0.2, 0.25) is 0 Å². The number of aromatic hydroxyl groups is 1. The van der Waals surface area contributed by atoms with Crippen molar-refractivity contribution in [3.05, 3.63) is 45.9 Å². The minimum Gasteiger partial charge on any atom is -0.510 e. The Bertz CT molecular complexity index is 1360. The van der Waals surface area contributed by atoms with Gasteiger partial charge in [-0.25, -0.2) is 4.79 Å². The number of nitrogens with one attached hydrogen (secondary N) is 1. The van der Waals surface area contributed by atoms with Crippen LogP contribution in [0.1, 0.15) is 22.3 Å². The van der Waals surface area contributed by atoms with E-state index >= 15 is 0 Å². The highest BCUT2D eigenvalue weighted by Gasteiger charge is 2.63. The van der Waals surface area contributed by atoms with Gasteiger partial charge in [-0.2, -0.15) is 0 Å². The molecule has 1 fully saturated rings. The number of benzene rings is 1. The molecule has 1 saturated heterocycles. The number of hydrogen-bond donors (Lipinski definition) is 6. The molecular weight excluding hydrogens is 512 g/mol. The molecule has 0 aromatic heterocycles. The quantitative estimate of drug-likeness (QED) is 0.223. The molecule has 4 atom stereocenters. The minimum atomic E-state index is -2.71. The molecule has 0 radical (unpaired) electrons. The number of anilines is 1. The number of hydrogen-bond acceptors (Lipinski definition) is 10. The fourth-order valence-electron chi connectivity index (χ4n) is 6.29. The van der Waals surface area contributed by atoms with Gasteiger partial charge in [-0.15, -0.1) is 0 Å². The summed E-state index contributed by atoms with van der Waals surface area (Å²) in [5.74, 6) is -7.23. The number of phenols is 1. The van der Waals surface area contributed by atoms with E-state index in [0.717, 1.165) is 0 Å². The Hall–Kier alpha value is -3.94. The van der Waals surface area contributed by atoms with E-state index in [2.05, 4.69) is 5.32 Å². The topological polar surface area (TPSA) is 203 Å². The van der Waals surface area contributed by atoms with Crippen molar-refractivity contribution < 1.29 is 44.3 Å². The Kier molecular flexibility index (Phi) is 6.40. The summed E-state index contributed by atoms with van der Waals surface area (Å²) >= 11 is 0. The van der Waals surface area contributed by atoms with Crippen molar-refractivity contribution in [1.29, 1.82) is 0 Å². The number of rotatable bonds is 3. The first kappa shape index (κ1) is 26.7. The zero-order valence-corrected chi connectivity index (χ0v) is 21.4. The molecule has 3 aliphatic carbocycles. The fourth-order valence-corrected chi connectivity index (χ4v) is 6.29. The van der Waals surface area contributed by atoms with E-state index in [9.17, 15) is 39.6 Å². The summed E-state index contributed by atoms with van der Waals surface area (Å²) < 4.78 is 5.24. The zero-order valence-electron chi connectivity index (χ0n) is 21.4. The number of carbonyl (C=O) groups is 4. The maximum Gasteiger partial charge on any atom is 0.322 e. The molecule has 1 heterocycles. The number of nitrogens with zero attached hydrogens (tertiary/aromatic N) is 2. The molecule has 39 heavy (non-hydrogen) atoms. The number of phenolic OH excluding ortho intramolecular Hbond substituents is 1. The third-order valence-electron chi connectivity index (χ3n) is 8.13. The average Bonchev–Trinajstić information content (AvgIpc) is 2.88. The van der Waals surface area contributed by atoms with Crippen molar-refractivity contribution in [2.45, 2.75) is 24.5 Å². The number of aliphatic hydroxyl groups is 3. The summed E-state index contributed by atoms with van der Waals surface area (Å²) in [6.45, 7) is 1.47. The van der Waals surface area contributed by atoms with E-state index in [1.165, 1.54) is 15.9 Å². The summed E-state index contributed by atoms with van der Waals surface area (Å²) in [7, 11) is 3.14. The molecule has 5 rings (SSSR count). The van der Waals surface area contributed by atoms with Gasteiger partial charge in [-0.05, 0) is 44.5 Å². The monoisotopic (exact) mass is 542 g/mol. The Balaban J connectivity index is 1.57. The van der Waals surface area contributed by atoms with Crippen LogP contribution in [0.25, 0.3) is 0 Å². The molecule has 3 amide bonds. The molecule has 4 unspecified atom stereocenters. The molecule has 13 nitrogen and oxygen atoms in total. The van der Waals surface area contributed by atoms with E-state index in [0.29, 0.717) is 31.9 Å². The number of primary amides is 1. The second-order valence-electron chi connectivity index (χ2n) is 10.5. The number of amides is 3. The highest BCUT2D eigenvalue weighted by atomic mass is 16.5. The van der Waals surface area contributed by atoms with Crippen molar-refractivity contribution in [3.8, 4) is 5.75 Å². The molecule has 4 aliphatic rings. The lowest BCUT2D eigenvalue weighted by Crippen LogP contribution is -2.63. The van der Waals surface area contributed by atoms with Crippen LogP contribution in [0.3, 0.4) is 0 Å². The highest BCUT2D eigenvalue weighted by Crippen LogP contribution is 2.52. The molecule has 0 saturated carbocycles. The van der Waals surface area contributed by atoms with Crippen LogP contribution in [0, 0.1) is 11.8 Å². The van der Waals surface area contributed by atoms with Crippen LogP contribution in [-0.2, 0) is 20.7 Å². The maximum absolute atomic E-state index is 13.7. The molecule has 208 valence electrons.